The zero-order chi connectivity index (χ0) is 28.0. The number of para-hydroxylation sites is 2. The molecule has 1 aliphatic heterocycles. The predicted octanol–water partition coefficient (Wildman–Crippen LogP) is 4.88. The summed E-state index contributed by atoms with van der Waals surface area (Å²) in [6, 6.07) is 18.0. The molecule has 0 aliphatic carbocycles. The van der Waals surface area contributed by atoms with Crippen molar-refractivity contribution >= 4 is 28.3 Å². The molecule has 2 aromatic heterocycles. The van der Waals surface area contributed by atoms with Crippen molar-refractivity contribution in [2.24, 2.45) is 0 Å². The molecule has 3 heterocycles. The maximum absolute atomic E-state index is 14.2. The molecule has 202 valence electrons. The molecule has 0 atom stereocenters. The van der Waals surface area contributed by atoms with Crippen molar-refractivity contribution in [3.63, 3.8) is 0 Å². The second-order valence-electron chi connectivity index (χ2n) is 9.61. The van der Waals surface area contributed by atoms with E-state index < -0.39 is 17.7 Å². The number of aromatic amines is 1. The van der Waals surface area contributed by atoms with Gasteiger partial charge in [0.25, 0.3) is 0 Å². The molecule has 3 aromatic carbocycles. The maximum atomic E-state index is 14.2. The highest BCUT2D eigenvalue weighted by atomic mass is 19.1. The highest BCUT2D eigenvalue weighted by molar-refractivity contribution is 5.99. The number of H-pyrrole nitrogens is 1. The van der Waals surface area contributed by atoms with Gasteiger partial charge in [-0.3, -0.25) is 9.51 Å². The van der Waals surface area contributed by atoms with Crippen molar-refractivity contribution in [3.8, 4) is 5.75 Å². The monoisotopic (exact) mass is 541 g/mol. The third kappa shape index (κ3) is 4.51. The smallest absolute Gasteiger partial charge is 0.439 e. The van der Waals surface area contributed by atoms with Crippen LogP contribution in [0, 0.1) is 5.82 Å². The standard InChI is InChI=1S/C29H24FN5O5/c1-16(27-32-28(36)40-33-27)26-20-9-7-17(11-18(20)15-39-24-12-19(30)8-10-21(24)26)13-35-23-6-4-3-5-22(23)31-25(35)14-34(2)29(37)38/h3-12H,13-15H2,1-2H3,(H,37,38)(H,32,33,36)/b26-16+. The van der Waals surface area contributed by atoms with Crippen molar-refractivity contribution in [2.45, 2.75) is 26.6 Å². The highest BCUT2D eigenvalue weighted by Crippen LogP contribution is 2.41. The summed E-state index contributed by atoms with van der Waals surface area (Å²) >= 11 is 0. The van der Waals surface area contributed by atoms with Crippen molar-refractivity contribution in [3.05, 3.63) is 111 Å². The van der Waals surface area contributed by atoms with Gasteiger partial charge in [-0.1, -0.05) is 29.4 Å². The second kappa shape index (κ2) is 9.84. The lowest BCUT2D eigenvalue weighted by molar-refractivity contribution is 0.152. The van der Waals surface area contributed by atoms with Gasteiger partial charge in [0.2, 0.25) is 0 Å². The van der Waals surface area contributed by atoms with Crippen LogP contribution in [-0.4, -0.2) is 42.8 Å². The van der Waals surface area contributed by atoms with E-state index in [-0.39, 0.29) is 19.0 Å². The van der Waals surface area contributed by atoms with E-state index in [0.717, 1.165) is 33.3 Å². The first-order chi connectivity index (χ1) is 19.3. The van der Waals surface area contributed by atoms with Crippen LogP contribution in [0.15, 0.2) is 70.0 Å². The van der Waals surface area contributed by atoms with Crippen LogP contribution < -0.4 is 10.5 Å². The van der Waals surface area contributed by atoms with Crippen LogP contribution in [0.4, 0.5) is 9.18 Å². The van der Waals surface area contributed by atoms with E-state index in [2.05, 4.69) is 15.1 Å². The van der Waals surface area contributed by atoms with Crippen molar-refractivity contribution < 1.29 is 23.6 Å². The third-order valence-corrected chi connectivity index (χ3v) is 6.99. The number of hydrogen-bond acceptors (Lipinski definition) is 6. The molecule has 5 aromatic rings. The normalized spacial score (nSPS) is 13.8. The fourth-order valence-electron chi connectivity index (χ4n) is 5.03. The Morgan fingerprint density at radius 3 is 2.73 bits per heavy atom. The van der Waals surface area contributed by atoms with Gasteiger partial charge in [-0.05, 0) is 59.5 Å². The Kier molecular flexibility index (Phi) is 6.18. The highest BCUT2D eigenvalue weighted by Gasteiger charge is 2.24. The van der Waals surface area contributed by atoms with Crippen LogP contribution in [0.25, 0.3) is 22.2 Å². The number of nitrogens with one attached hydrogen (secondary N) is 1. The van der Waals surface area contributed by atoms with Crippen LogP contribution >= 0.6 is 0 Å². The van der Waals surface area contributed by atoms with Crippen LogP contribution in [0.2, 0.25) is 0 Å². The van der Waals surface area contributed by atoms with Gasteiger partial charge in [-0.15, -0.1) is 0 Å². The fourth-order valence-corrected chi connectivity index (χ4v) is 5.03. The van der Waals surface area contributed by atoms with E-state index in [1.807, 2.05) is 54.0 Å². The Balaban J connectivity index is 1.46. The van der Waals surface area contributed by atoms with E-state index in [4.69, 9.17) is 9.26 Å². The Bertz CT molecular complexity index is 1870. The number of hydrogen-bond donors (Lipinski definition) is 2. The Hall–Kier alpha value is -5.19. The molecule has 1 amide bonds. The number of rotatable bonds is 5. The van der Waals surface area contributed by atoms with E-state index in [9.17, 15) is 19.1 Å². The summed E-state index contributed by atoms with van der Waals surface area (Å²) in [6.07, 6.45) is -1.04. The van der Waals surface area contributed by atoms with E-state index in [1.165, 1.54) is 24.1 Å². The molecule has 0 bridgehead atoms. The first-order valence-corrected chi connectivity index (χ1v) is 12.5. The molecule has 40 heavy (non-hydrogen) atoms. The summed E-state index contributed by atoms with van der Waals surface area (Å²) in [4.78, 5) is 31.6. The Labute approximate surface area is 226 Å². The van der Waals surface area contributed by atoms with Crippen LogP contribution in [-0.2, 0) is 19.7 Å². The van der Waals surface area contributed by atoms with E-state index in [0.29, 0.717) is 29.3 Å². The molecule has 6 rings (SSSR count). The number of benzene rings is 3. The summed E-state index contributed by atoms with van der Waals surface area (Å²) < 4.78 is 27.0. The number of carbonyl (C=O) groups is 1. The molecule has 0 saturated carbocycles. The molecule has 0 unspecified atom stereocenters. The molecule has 2 N–H and O–H groups in total. The molecular formula is C29H24FN5O5. The topological polar surface area (TPSA) is 126 Å². The molecular weight excluding hydrogens is 517 g/mol. The molecule has 0 fully saturated rings. The fraction of sp³-hybridized carbons (Fsp3) is 0.172. The first kappa shape index (κ1) is 25.1. The van der Waals surface area contributed by atoms with Gasteiger partial charge in [0.05, 0.1) is 17.6 Å². The minimum absolute atomic E-state index is 0.126. The van der Waals surface area contributed by atoms with Crippen LogP contribution in [0.3, 0.4) is 0 Å². The molecule has 0 saturated heterocycles. The minimum Gasteiger partial charge on any atom is -0.488 e. The quantitative estimate of drug-likeness (QED) is 0.325. The SMILES string of the molecule is C/C(=C1/c2ccc(Cn3c(CN(C)C(=O)O)nc4ccccc43)cc2COc2cc(F)ccc21)c1noc(=O)[nH]1. The average molecular weight is 542 g/mol. The van der Waals surface area contributed by atoms with Crippen LogP contribution in [0.1, 0.15) is 40.8 Å². The number of carboxylic acid groups (broad SMARTS) is 1. The van der Waals surface area contributed by atoms with Gasteiger partial charge in [0.1, 0.15) is 24.0 Å². The van der Waals surface area contributed by atoms with Gasteiger partial charge in [0, 0.05) is 30.8 Å². The summed E-state index contributed by atoms with van der Waals surface area (Å²) in [7, 11) is 1.50. The van der Waals surface area contributed by atoms with Crippen molar-refractivity contribution in [2.75, 3.05) is 7.05 Å². The summed E-state index contributed by atoms with van der Waals surface area (Å²) in [5, 5.41) is 13.3. The number of amides is 1. The lowest BCUT2D eigenvalue weighted by Gasteiger charge is -2.17. The van der Waals surface area contributed by atoms with Crippen LogP contribution in [0.5, 0.6) is 5.75 Å². The van der Waals surface area contributed by atoms with E-state index in [1.54, 1.807) is 6.07 Å². The molecule has 0 spiro atoms. The predicted molar refractivity (Wildman–Crippen MR) is 144 cm³/mol. The van der Waals surface area contributed by atoms with E-state index >= 15 is 0 Å². The average Bonchev–Trinajstić information content (AvgIpc) is 3.47. The van der Waals surface area contributed by atoms with Gasteiger partial charge >= 0.3 is 11.8 Å². The number of aromatic nitrogens is 4. The summed E-state index contributed by atoms with van der Waals surface area (Å²) in [6.45, 7) is 2.56. The zero-order valence-electron chi connectivity index (χ0n) is 21.6. The van der Waals surface area contributed by atoms with Gasteiger partial charge in [0.15, 0.2) is 5.82 Å². The Morgan fingerprint density at radius 2 is 1.95 bits per heavy atom. The molecule has 0 radical (unpaired) electrons. The number of halogens is 1. The van der Waals surface area contributed by atoms with Crippen molar-refractivity contribution in [1.29, 1.82) is 0 Å². The number of fused-ring (bicyclic) bond motifs is 3. The summed E-state index contributed by atoms with van der Waals surface area (Å²) in [5.74, 6) is 0.156. The first-order valence-electron chi connectivity index (χ1n) is 12.5. The molecule has 11 heteroatoms. The van der Waals surface area contributed by atoms with Gasteiger partial charge in [-0.25, -0.2) is 19.0 Å². The Morgan fingerprint density at radius 1 is 1.15 bits per heavy atom. The minimum atomic E-state index is -1.04. The van der Waals surface area contributed by atoms with Gasteiger partial charge < -0.3 is 19.3 Å². The number of allylic oxidation sites excluding steroid dienone is 1. The molecule has 10 nitrogen and oxygen atoms in total. The number of nitrogens with zero attached hydrogens (tertiary/aromatic N) is 4. The zero-order valence-corrected chi connectivity index (χ0v) is 21.6. The molecule has 1 aliphatic rings. The summed E-state index contributed by atoms with van der Waals surface area (Å²) in [5.41, 5.74) is 6.32. The second-order valence-corrected chi connectivity index (χ2v) is 9.61. The largest absolute Gasteiger partial charge is 0.488 e. The number of ether oxygens (including phenoxy) is 1. The lowest BCUT2D eigenvalue weighted by atomic mass is 9.89. The van der Waals surface area contributed by atoms with Gasteiger partial charge in [-0.2, -0.15) is 0 Å². The third-order valence-electron chi connectivity index (χ3n) is 6.99. The van der Waals surface area contributed by atoms with Crippen molar-refractivity contribution in [1.82, 2.24) is 24.6 Å². The number of imidazole rings is 1. The maximum Gasteiger partial charge on any atom is 0.439 e. The lowest BCUT2D eigenvalue weighted by Crippen LogP contribution is -2.26.